The van der Waals surface area contributed by atoms with Crippen LogP contribution in [0.4, 0.5) is 5.69 Å². The average Bonchev–Trinajstić information content (AvgIpc) is 2.78. The Balaban J connectivity index is 2.90. The van der Waals surface area contributed by atoms with Crippen molar-refractivity contribution < 1.29 is 9.16 Å². The zero-order valence-electron chi connectivity index (χ0n) is 23.9. The topological polar surface area (TPSA) is 43.4 Å². The minimum atomic E-state index is -1.67. The summed E-state index contributed by atoms with van der Waals surface area (Å²) in [5, 5.41) is 3.91. The van der Waals surface area contributed by atoms with E-state index in [0.29, 0.717) is 3.43 Å². The fourth-order valence-corrected chi connectivity index (χ4v) is 10.4. The van der Waals surface area contributed by atoms with E-state index < -0.39 is 29.5 Å². The molecule has 1 rings (SSSR count). The molecule has 0 amide bonds. The molecule has 34 heavy (non-hydrogen) atoms. The van der Waals surface area contributed by atoms with Crippen molar-refractivity contribution in [3.63, 3.8) is 0 Å². The molecule has 1 aromatic rings. The first-order valence-electron chi connectivity index (χ1n) is 13.7. The fourth-order valence-electron chi connectivity index (χ4n) is 4.00. The maximum atomic E-state index is 6.35. The number of hydrogen-bond donors (Lipinski definition) is 1. The normalized spacial score (nSPS) is 12.7. The van der Waals surface area contributed by atoms with Crippen molar-refractivity contribution in [1.82, 2.24) is 4.98 Å². The number of anilines is 1. The van der Waals surface area contributed by atoms with E-state index in [2.05, 4.69) is 72.1 Å². The molecule has 0 saturated heterocycles. The summed E-state index contributed by atoms with van der Waals surface area (Å²) < 4.78 is 13.8. The van der Waals surface area contributed by atoms with Crippen molar-refractivity contribution in [2.75, 3.05) is 25.6 Å². The summed E-state index contributed by atoms with van der Waals surface area (Å²) in [6, 6.07) is 4.39. The van der Waals surface area contributed by atoms with Crippen molar-refractivity contribution in [1.29, 1.82) is 0 Å². The number of nitrogens with zero attached hydrogens (tertiary/aromatic N) is 1. The SMILES string of the molecule is CCCC[C](CCCC)(CCCC)[Sn][c]1cc(NCCCO[Si](C)(C)C(C)(C)C)cc(OC)n1. The molecule has 4 nitrogen and oxygen atoms in total. The molecule has 0 unspecified atom stereocenters. The van der Waals surface area contributed by atoms with E-state index in [1.165, 1.54) is 61.5 Å². The summed E-state index contributed by atoms with van der Waals surface area (Å²) in [5.41, 5.74) is 1.16. The van der Waals surface area contributed by atoms with Crippen LogP contribution in [-0.2, 0) is 4.43 Å². The van der Waals surface area contributed by atoms with Crippen molar-refractivity contribution in [3.05, 3.63) is 12.1 Å². The maximum absolute atomic E-state index is 6.35. The summed E-state index contributed by atoms with van der Waals surface area (Å²) in [5.74, 6) is 0.758. The Labute approximate surface area is 223 Å². The Bertz CT molecular complexity index is 670. The predicted octanol–water partition coefficient (Wildman–Crippen LogP) is 7.97. The monoisotopic (exact) mass is 598 g/mol. The van der Waals surface area contributed by atoms with Gasteiger partial charge in [0, 0.05) is 0 Å². The third-order valence-electron chi connectivity index (χ3n) is 7.35. The van der Waals surface area contributed by atoms with Gasteiger partial charge in [-0.25, -0.2) is 0 Å². The molecule has 0 spiro atoms. The number of unbranched alkanes of at least 4 members (excludes halogenated alkanes) is 3. The van der Waals surface area contributed by atoms with Gasteiger partial charge in [-0.2, -0.15) is 0 Å². The molecular weight excluding hydrogens is 543 g/mol. The van der Waals surface area contributed by atoms with E-state index in [9.17, 15) is 0 Å². The average molecular weight is 598 g/mol. The molecule has 0 aliphatic carbocycles. The van der Waals surface area contributed by atoms with E-state index in [1.807, 2.05) is 0 Å². The molecule has 196 valence electrons. The zero-order valence-corrected chi connectivity index (χ0v) is 27.8. The molecule has 1 aromatic heterocycles. The number of hydrogen-bond acceptors (Lipinski definition) is 4. The molecule has 0 aliphatic heterocycles. The number of methoxy groups -OCH3 is 1. The van der Waals surface area contributed by atoms with Gasteiger partial charge in [-0.3, -0.25) is 0 Å². The van der Waals surface area contributed by atoms with Crippen LogP contribution in [0.1, 0.15) is 106 Å². The second-order valence-corrected chi connectivity index (χ2v) is 21.4. The third-order valence-corrected chi connectivity index (χ3v) is 17.0. The van der Waals surface area contributed by atoms with Crippen LogP contribution in [0, 0.1) is 0 Å². The Morgan fingerprint density at radius 3 is 1.94 bits per heavy atom. The molecule has 2 radical (unpaired) electrons. The fraction of sp³-hybridized carbons (Fsp3) is 0.821. The molecule has 0 aromatic carbocycles. The van der Waals surface area contributed by atoms with Crippen LogP contribution in [0.25, 0.3) is 0 Å². The van der Waals surface area contributed by atoms with Gasteiger partial charge in [0.1, 0.15) is 0 Å². The molecule has 0 bridgehead atoms. The summed E-state index contributed by atoms with van der Waals surface area (Å²) >= 11 is -0.890. The van der Waals surface area contributed by atoms with E-state index in [-0.39, 0.29) is 5.04 Å². The minimum absolute atomic E-state index is 0.263. The first-order valence-corrected chi connectivity index (χ1v) is 19.5. The van der Waals surface area contributed by atoms with Crippen LogP contribution in [0.3, 0.4) is 0 Å². The Hall–Kier alpha value is -0.274. The summed E-state index contributed by atoms with van der Waals surface area (Å²) in [6.07, 6.45) is 13.0. The van der Waals surface area contributed by atoms with Gasteiger partial charge in [-0.15, -0.1) is 0 Å². The van der Waals surface area contributed by atoms with Gasteiger partial charge in [0.25, 0.3) is 0 Å². The number of rotatable bonds is 18. The van der Waals surface area contributed by atoms with Gasteiger partial charge in [-0.1, -0.05) is 0 Å². The van der Waals surface area contributed by atoms with E-state index in [0.717, 1.165) is 31.1 Å². The van der Waals surface area contributed by atoms with E-state index in [1.54, 1.807) is 7.11 Å². The van der Waals surface area contributed by atoms with Gasteiger partial charge in [-0.05, 0) is 0 Å². The van der Waals surface area contributed by atoms with Gasteiger partial charge in [0.15, 0.2) is 0 Å². The van der Waals surface area contributed by atoms with Crippen molar-refractivity contribution >= 4 is 38.9 Å². The van der Waals surface area contributed by atoms with Crippen LogP contribution >= 0.6 is 0 Å². The molecule has 1 N–H and O–H groups in total. The summed E-state index contributed by atoms with van der Waals surface area (Å²) in [4.78, 5) is 4.96. The first kappa shape index (κ1) is 31.8. The summed E-state index contributed by atoms with van der Waals surface area (Å²) in [7, 11) is 0.0733. The van der Waals surface area contributed by atoms with Crippen LogP contribution < -0.4 is 13.8 Å². The van der Waals surface area contributed by atoms with Gasteiger partial charge >= 0.3 is 224 Å². The Morgan fingerprint density at radius 1 is 0.912 bits per heavy atom. The van der Waals surface area contributed by atoms with Crippen LogP contribution in [0.2, 0.25) is 21.6 Å². The van der Waals surface area contributed by atoms with Crippen molar-refractivity contribution in [2.45, 2.75) is 127 Å². The molecular formula is C28H54N2O2SiSn. The summed E-state index contributed by atoms with van der Waals surface area (Å²) in [6.45, 7) is 20.3. The molecule has 1 heterocycles. The molecule has 0 aliphatic rings. The van der Waals surface area contributed by atoms with Gasteiger partial charge in [0.05, 0.1) is 0 Å². The molecule has 0 atom stereocenters. The van der Waals surface area contributed by atoms with Crippen LogP contribution in [-0.4, -0.2) is 54.7 Å². The van der Waals surface area contributed by atoms with Crippen LogP contribution in [0.15, 0.2) is 12.1 Å². The van der Waals surface area contributed by atoms with Crippen molar-refractivity contribution in [3.8, 4) is 5.88 Å². The number of aromatic nitrogens is 1. The third kappa shape index (κ3) is 11.2. The van der Waals surface area contributed by atoms with Gasteiger partial charge < -0.3 is 0 Å². The Morgan fingerprint density at radius 2 is 1.47 bits per heavy atom. The second-order valence-electron chi connectivity index (χ2n) is 11.4. The number of ether oxygens (including phenoxy) is 1. The van der Waals surface area contributed by atoms with E-state index >= 15 is 0 Å². The number of pyridine rings is 1. The standard InChI is InChI=1S/C15H27N2O2Si.C13H27.Sn/c1-15(2,3)20(5,6)19-11-7-9-16-13-8-10-17-14(12-13)18-4;1-4-7-10-13(11-8-5-2)12-9-6-3;/h8,12H,7,9,11H2,1-6H3,(H,16,17);4-12H2,1-3H3;. The molecule has 0 fully saturated rings. The first-order chi connectivity index (χ1) is 16.0. The number of nitrogens with one attached hydrogen (secondary N) is 1. The van der Waals surface area contributed by atoms with Crippen molar-refractivity contribution in [2.24, 2.45) is 0 Å². The second kappa shape index (κ2) is 15.8. The van der Waals surface area contributed by atoms with Crippen LogP contribution in [0.5, 0.6) is 5.88 Å². The predicted molar refractivity (Wildman–Crippen MR) is 154 cm³/mol. The molecule has 0 saturated carbocycles. The van der Waals surface area contributed by atoms with Gasteiger partial charge in [0.2, 0.25) is 0 Å². The quantitative estimate of drug-likeness (QED) is 0.138. The zero-order chi connectivity index (χ0) is 25.7. The van der Waals surface area contributed by atoms with E-state index in [4.69, 9.17) is 14.1 Å². The Kier molecular flexibility index (Phi) is 14.7. The molecule has 6 heteroatoms.